The van der Waals surface area contributed by atoms with Crippen molar-refractivity contribution in [2.24, 2.45) is 17.6 Å². The van der Waals surface area contributed by atoms with Gasteiger partial charge in [0.15, 0.2) is 0 Å². The Morgan fingerprint density at radius 2 is 1.92 bits per heavy atom. The van der Waals surface area contributed by atoms with Gasteiger partial charge in [0.05, 0.1) is 6.04 Å². The van der Waals surface area contributed by atoms with Gasteiger partial charge in [-0.05, 0) is 48.9 Å². The fraction of sp³-hybridized carbons (Fsp3) is 0.632. The van der Waals surface area contributed by atoms with E-state index in [2.05, 4.69) is 41.4 Å². The van der Waals surface area contributed by atoms with Crippen molar-refractivity contribution in [3.63, 3.8) is 0 Å². The van der Waals surface area contributed by atoms with Crippen molar-refractivity contribution >= 4 is 18.3 Å². The number of likely N-dealkylation sites (tertiary alicyclic amines) is 1. The molecule has 1 aliphatic rings. The summed E-state index contributed by atoms with van der Waals surface area (Å²) in [4.78, 5) is 14.5. The molecule has 1 aromatic rings. The number of carbonyl (C=O) groups is 1. The van der Waals surface area contributed by atoms with E-state index in [-0.39, 0.29) is 24.2 Å². The first-order valence-corrected chi connectivity index (χ1v) is 8.79. The number of nitrogens with zero attached hydrogens (tertiary/aromatic N) is 1. The van der Waals surface area contributed by atoms with E-state index in [1.165, 1.54) is 31.5 Å². The van der Waals surface area contributed by atoms with Gasteiger partial charge in [-0.2, -0.15) is 0 Å². The van der Waals surface area contributed by atoms with Gasteiger partial charge in [-0.15, -0.1) is 12.4 Å². The van der Waals surface area contributed by atoms with E-state index in [1.807, 2.05) is 13.8 Å². The second kappa shape index (κ2) is 10.0. The number of carbonyl (C=O) groups excluding carboxylic acids is 1. The van der Waals surface area contributed by atoms with Crippen molar-refractivity contribution in [1.29, 1.82) is 0 Å². The minimum absolute atomic E-state index is 0. The number of rotatable bonds is 6. The van der Waals surface area contributed by atoms with Crippen molar-refractivity contribution < 1.29 is 4.79 Å². The van der Waals surface area contributed by atoms with Crippen LogP contribution in [0.3, 0.4) is 0 Å². The molecule has 0 unspecified atom stereocenters. The quantitative estimate of drug-likeness (QED) is 0.826. The minimum atomic E-state index is -0.437. The Balaban J connectivity index is 0.00000288. The third-order valence-electron chi connectivity index (χ3n) is 4.76. The highest BCUT2D eigenvalue weighted by Crippen LogP contribution is 2.18. The maximum absolute atomic E-state index is 11.9. The predicted molar refractivity (Wildman–Crippen MR) is 102 cm³/mol. The first kappa shape index (κ1) is 20.9. The van der Waals surface area contributed by atoms with E-state index in [0.29, 0.717) is 6.54 Å². The number of nitrogens with one attached hydrogen (secondary N) is 1. The first-order chi connectivity index (χ1) is 11.0. The standard InChI is InChI=1S/C19H31N3O.ClH/c1-14(2)18(20)19(23)21-12-16-5-4-6-17(11-16)13-22-9-7-15(3)8-10-22;/h4-6,11,14-15,18H,7-10,12-13,20H2,1-3H3,(H,21,23);1H/t18-;/m0./s1. The van der Waals surface area contributed by atoms with Crippen LogP contribution in [-0.4, -0.2) is 29.9 Å². The Labute approximate surface area is 152 Å². The molecule has 4 nitrogen and oxygen atoms in total. The van der Waals surface area contributed by atoms with Crippen LogP contribution in [0.15, 0.2) is 24.3 Å². The highest BCUT2D eigenvalue weighted by atomic mass is 35.5. The van der Waals surface area contributed by atoms with Gasteiger partial charge in [0, 0.05) is 13.1 Å². The number of halogens is 1. The van der Waals surface area contributed by atoms with Crippen LogP contribution in [0.2, 0.25) is 0 Å². The highest BCUT2D eigenvalue weighted by Gasteiger charge is 2.17. The molecule has 0 aliphatic carbocycles. The number of amides is 1. The number of hydrogen-bond acceptors (Lipinski definition) is 3. The van der Waals surface area contributed by atoms with E-state index < -0.39 is 6.04 Å². The molecule has 1 aliphatic heterocycles. The number of nitrogens with two attached hydrogens (primary N) is 1. The van der Waals surface area contributed by atoms with Gasteiger partial charge in [-0.3, -0.25) is 9.69 Å². The van der Waals surface area contributed by atoms with Crippen LogP contribution in [0.5, 0.6) is 0 Å². The van der Waals surface area contributed by atoms with E-state index in [1.54, 1.807) is 0 Å². The monoisotopic (exact) mass is 353 g/mol. The number of hydrogen-bond donors (Lipinski definition) is 2. The third-order valence-corrected chi connectivity index (χ3v) is 4.76. The normalized spacial score (nSPS) is 17.4. The molecule has 1 aromatic carbocycles. The van der Waals surface area contributed by atoms with E-state index in [0.717, 1.165) is 18.0 Å². The zero-order valence-corrected chi connectivity index (χ0v) is 15.9. The maximum Gasteiger partial charge on any atom is 0.237 e. The fourth-order valence-corrected chi connectivity index (χ4v) is 2.93. The summed E-state index contributed by atoms with van der Waals surface area (Å²) in [5.74, 6) is 0.941. The smallest absolute Gasteiger partial charge is 0.237 e. The molecule has 1 atom stereocenters. The van der Waals surface area contributed by atoms with E-state index >= 15 is 0 Å². The molecule has 0 aromatic heterocycles. The molecule has 0 saturated carbocycles. The van der Waals surface area contributed by atoms with Crippen molar-refractivity contribution in [2.75, 3.05) is 13.1 Å². The lowest BCUT2D eigenvalue weighted by atomic mass is 9.98. The van der Waals surface area contributed by atoms with Crippen LogP contribution >= 0.6 is 12.4 Å². The third kappa shape index (κ3) is 6.42. The van der Waals surface area contributed by atoms with Crippen LogP contribution in [0, 0.1) is 11.8 Å². The van der Waals surface area contributed by atoms with Crippen molar-refractivity contribution in [1.82, 2.24) is 10.2 Å². The van der Waals surface area contributed by atoms with Gasteiger partial charge in [-0.1, -0.05) is 45.0 Å². The Morgan fingerprint density at radius 1 is 1.29 bits per heavy atom. The summed E-state index contributed by atoms with van der Waals surface area (Å²) in [7, 11) is 0. The van der Waals surface area contributed by atoms with E-state index in [9.17, 15) is 4.79 Å². The average Bonchev–Trinajstić information content (AvgIpc) is 2.54. The second-order valence-corrected chi connectivity index (χ2v) is 7.27. The lowest BCUT2D eigenvalue weighted by molar-refractivity contribution is -0.123. The summed E-state index contributed by atoms with van der Waals surface area (Å²) in [6.45, 7) is 10.2. The van der Waals surface area contributed by atoms with Crippen LogP contribution < -0.4 is 11.1 Å². The molecule has 0 bridgehead atoms. The van der Waals surface area contributed by atoms with Crippen molar-refractivity contribution in [3.8, 4) is 0 Å². The molecule has 0 radical (unpaired) electrons. The number of piperidine rings is 1. The molecule has 0 spiro atoms. The van der Waals surface area contributed by atoms with Gasteiger partial charge >= 0.3 is 0 Å². The van der Waals surface area contributed by atoms with Crippen LogP contribution in [-0.2, 0) is 17.9 Å². The fourth-order valence-electron chi connectivity index (χ4n) is 2.93. The van der Waals surface area contributed by atoms with Crippen LogP contribution in [0.1, 0.15) is 44.7 Å². The summed E-state index contributed by atoms with van der Waals surface area (Å²) in [6, 6.07) is 8.06. The summed E-state index contributed by atoms with van der Waals surface area (Å²) in [6.07, 6.45) is 2.59. The van der Waals surface area contributed by atoms with Crippen molar-refractivity contribution in [2.45, 2.75) is 52.7 Å². The Hall–Kier alpha value is -1.10. The zero-order valence-electron chi connectivity index (χ0n) is 15.1. The molecule has 1 fully saturated rings. The highest BCUT2D eigenvalue weighted by molar-refractivity contribution is 5.85. The summed E-state index contributed by atoms with van der Waals surface area (Å²) in [5, 5.41) is 2.94. The topological polar surface area (TPSA) is 58.4 Å². The van der Waals surface area contributed by atoms with E-state index in [4.69, 9.17) is 5.73 Å². The van der Waals surface area contributed by atoms with Gasteiger partial charge in [0.1, 0.15) is 0 Å². The summed E-state index contributed by atoms with van der Waals surface area (Å²) < 4.78 is 0. The predicted octanol–water partition coefficient (Wildman–Crippen LogP) is 2.94. The zero-order chi connectivity index (χ0) is 16.8. The second-order valence-electron chi connectivity index (χ2n) is 7.27. The molecule has 1 saturated heterocycles. The lowest BCUT2D eigenvalue weighted by Crippen LogP contribution is -2.43. The Bertz CT molecular complexity index is 513. The van der Waals surface area contributed by atoms with Crippen LogP contribution in [0.4, 0.5) is 0 Å². The van der Waals surface area contributed by atoms with Crippen molar-refractivity contribution in [3.05, 3.63) is 35.4 Å². The van der Waals surface area contributed by atoms with Gasteiger partial charge in [-0.25, -0.2) is 0 Å². The molecule has 1 heterocycles. The largest absolute Gasteiger partial charge is 0.351 e. The number of benzene rings is 1. The molecule has 136 valence electrons. The average molecular weight is 354 g/mol. The molecule has 3 N–H and O–H groups in total. The molecule has 5 heteroatoms. The Morgan fingerprint density at radius 3 is 2.54 bits per heavy atom. The first-order valence-electron chi connectivity index (χ1n) is 8.79. The SMILES string of the molecule is CC1CCN(Cc2cccc(CNC(=O)[C@@H](N)C(C)C)c2)CC1.Cl. The minimum Gasteiger partial charge on any atom is -0.351 e. The molecule has 24 heavy (non-hydrogen) atoms. The lowest BCUT2D eigenvalue weighted by Gasteiger charge is -2.30. The van der Waals surface area contributed by atoms with Gasteiger partial charge < -0.3 is 11.1 Å². The molecular formula is C19H32ClN3O. The molecule has 2 rings (SSSR count). The maximum atomic E-state index is 11.9. The Kier molecular flexibility index (Phi) is 8.74. The summed E-state index contributed by atoms with van der Waals surface area (Å²) >= 11 is 0. The van der Waals surface area contributed by atoms with Gasteiger partial charge in [0.25, 0.3) is 0 Å². The van der Waals surface area contributed by atoms with Crippen LogP contribution in [0.25, 0.3) is 0 Å². The summed E-state index contributed by atoms with van der Waals surface area (Å²) in [5.41, 5.74) is 8.33. The molecule has 1 amide bonds. The van der Waals surface area contributed by atoms with Gasteiger partial charge in [0.2, 0.25) is 5.91 Å². The molecular weight excluding hydrogens is 322 g/mol.